The van der Waals surface area contributed by atoms with Crippen LogP contribution in [0.5, 0.6) is 0 Å². The Kier molecular flexibility index (Phi) is 4.98. The molecular formula is C21H18F3N3O3. The van der Waals surface area contributed by atoms with Crippen LogP contribution in [0.15, 0.2) is 53.5 Å². The SMILES string of the molecule is O=C(Nc1ccc(N2CC[C@@H](O)C2)cc1C(F)(F)F)c1c[nH]c2ccccc2c1=O. The first-order chi connectivity index (χ1) is 14.2. The smallest absolute Gasteiger partial charge is 0.391 e. The number of β-amino-alcohol motifs (C(OH)–C–C–N with tert-alkyl or cyclic N) is 1. The molecule has 3 N–H and O–H groups in total. The van der Waals surface area contributed by atoms with E-state index in [4.69, 9.17) is 0 Å². The lowest BCUT2D eigenvalue weighted by molar-refractivity contribution is -0.136. The average Bonchev–Trinajstić information content (AvgIpc) is 3.14. The van der Waals surface area contributed by atoms with Gasteiger partial charge in [0.05, 0.1) is 17.4 Å². The molecule has 0 aliphatic carbocycles. The van der Waals surface area contributed by atoms with Gasteiger partial charge in [-0.1, -0.05) is 12.1 Å². The summed E-state index contributed by atoms with van der Waals surface area (Å²) in [5, 5.41) is 12.1. The number of aliphatic hydroxyl groups excluding tert-OH is 1. The number of carbonyl (C=O) groups excluding carboxylic acids is 1. The number of nitrogens with one attached hydrogen (secondary N) is 2. The third-order valence-electron chi connectivity index (χ3n) is 5.12. The molecule has 0 spiro atoms. The minimum atomic E-state index is -4.72. The molecule has 1 fully saturated rings. The summed E-state index contributed by atoms with van der Waals surface area (Å²) in [6.07, 6.45) is -3.64. The molecule has 4 rings (SSSR count). The zero-order chi connectivity index (χ0) is 21.5. The zero-order valence-corrected chi connectivity index (χ0v) is 15.7. The quantitative estimate of drug-likeness (QED) is 0.610. The average molecular weight is 417 g/mol. The molecule has 1 aliphatic rings. The van der Waals surface area contributed by atoms with Crippen molar-refractivity contribution < 1.29 is 23.1 Å². The van der Waals surface area contributed by atoms with Gasteiger partial charge in [-0.2, -0.15) is 13.2 Å². The third-order valence-corrected chi connectivity index (χ3v) is 5.12. The molecule has 0 radical (unpaired) electrons. The van der Waals surface area contributed by atoms with Crippen LogP contribution in [0.2, 0.25) is 0 Å². The maximum absolute atomic E-state index is 13.6. The molecule has 2 aromatic carbocycles. The van der Waals surface area contributed by atoms with Gasteiger partial charge in [0.25, 0.3) is 5.91 Å². The van der Waals surface area contributed by atoms with Crippen LogP contribution in [-0.2, 0) is 6.18 Å². The highest BCUT2D eigenvalue weighted by Crippen LogP contribution is 2.38. The molecule has 6 nitrogen and oxygen atoms in total. The van der Waals surface area contributed by atoms with Gasteiger partial charge in [-0.25, -0.2) is 0 Å². The number of benzene rings is 2. The summed E-state index contributed by atoms with van der Waals surface area (Å²) in [4.78, 5) is 29.6. The largest absolute Gasteiger partial charge is 0.418 e. The van der Waals surface area contributed by atoms with Gasteiger partial charge in [-0.15, -0.1) is 0 Å². The van der Waals surface area contributed by atoms with Gasteiger partial charge in [0, 0.05) is 35.9 Å². The summed E-state index contributed by atoms with van der Waals surface area (Å²) >= 11 is 0. The summed E-state index contributed by atoms with van der Waals surface area (Å²) in [7, 11) is 0. The van der Waals surface area contributed by atoms with E-state index in [1.165, 1.54) is 18.3 Å². The summed E-state index contributed by atoms with van der Waals surface area (Å²) in [5.74, 6) is -0.933. The molecule has 1 atom stereocenters. The maximum Gasteiger partial charge on any atom is 0.418 e. The van der Waals surface area contributed by atoms with E-state index >= 15 is 0 Å². The number of hydrogen-bond donors (Lipinski definition) is 3. The van der Waals surface area contributed by atoms with Crippen LogP contribution in [0.1, 0.15) is 22.3 Å². The normalized spacial score (nSPS) is 16.8. The Morgan fingerprint density at radius 1 is 1.20 bits per heavy atom. The number of amides is 1. The first-order valence-electron chi connectivity index (χ1n) is 9.30. The lowest BCUT2D eigenvalue weighted by atomic mass is 10.1. The summed E-state index contributed by atoms with van der Waals surface area (Å²) in [5.41, 5.74) is -1.49. The number of nitrogens with zero attached hydrogens (tertiary/aromatic N) is 1. The van der Waals surface area contributed by atoms with E-state index in [1.807, 2.05) is 0 Å². The van der Waals surface area contributed by atoms with Crippen molar-refractivity contribution in [2.24, 2.45) is 0 Å². The zero-order valence-electron chi connectivity index (χ0n) is 15.7. The molecule has 0 unspecified atom stereocenters. The standard InChI is InChI=1S/C21H18F3N3O3/c22-21(23,24)16-9-12(27-8-7-13(28)11-27)5-6-18(16)26-20(30)15-10-25-17-4-2-1-3-14(17)19(15)29/h1-6,9-10,13,28H,7-8,11H2,(H,25,29)(H,26,30)/t13-/m1/s1. The van der Waals surface area contributed by atoms with Gasteiger partial charge < -0.3 is 20.3 Å². The van der Waals surface area contributed by atoms with E-state index in [1.54, 1.807) is 23.1 Å². The van der Waals surface area contributed by atoms with Gasteiger partial charge in [0.15, 0.2) is 0 Å². The van der Waals surface area contributed by atoms with Crippen LogP contribution in [0.3, 0.4) is 0 Å². The van der Waals surface area contributed by atoms with Gasteiger partial charge in [0.1, 0.15) is 5.56 Å². The highest BCUT2D eigenvalue weighted by atomic mass is 19.4. The Morgan fingerprint density at radius 3 is 2.67 bits per heavy atom. The number of carbonyl (C=O) groups is 1. The lowest BCUT2D eigenvalue weighted by Gasteiger charge is -2.21. The van der Waals surface area contributed by atoms with Gasteiger partial charge in [-0.3, -0.25) is 9.59 Å². The second kappa shape index (κ2) is 7.49. The van der Waals surface area contributed by atoms with E-state index in [-0.39, 0.29) is 17.5 Å². The first-order valence-corrected chi connectivity index (χ1v) is 9.30. The summed E-state index contributed by atoms with van der Waals surface area (Å²) in [6, 6.07) is 10.1. The van der Waals surface area contributed by atoms with Gasteiger partial charge >= 0.3 is 6.18 Å². The van der Waals surface area contributed by atoms with Crippen molar-refractivity contribution in [1.82, 2.24) is 4.98 Å². The van der Waals surface area contributed by atoms with Crippen LogP contribution in [0.4, 0.5) is 24.5 Å². The number of para-hydroxylation sites is 1. The molecule has 1 saturated heterocycles. The Morgan fingerprint density at radius 2 is 1.97 bits per heavy atom. The fourth-order valence-corrected chi connectivity index (χ4v) is 3.57. The Hall–Kier alpha value is -3.33. The van der Waals surface area contributed by atoms with E-state index in [0.29, 0.717) is 24.2 Å². The van der Waals surface area contributed by atoms with Crippen molar-refractivity contribution in [2.45, 2.75) is 18.7 Å². The second-order valence-electron chi connectivity index (χ2n) is 7.15. The minimum absolute atomic E-state index is 0.246. The maximum atomic E-state index is 13.6. The van der Waals surface area contributed by atoms with Crippen molar-refractivity contribution in [1.29, 1.82) is 0 Å². The first kappa shape index (κ1) is 20.0. The number of halogens is 3. The Labute approximate surface area is 168 Å². The van der Waals surface area contributed by atoms with Gasteiger partial charge in [-0.05, 0) is 36.8 Å². The molecule has 3 aromatic rings. The number of aromatic amines is 1. The van der Waals surface area contributed by atoms with Crippen LogP contribution >= 0.6 is 0 Å². The number of aromatic nitrogens is 1. The monoisotopic (exact) mass is 417 g/mol. The number of aliphatic hydroxyl groups is 1. The third kappa shape index (κ3) is 3.76. The molecule has 0 saturated carbocycles. The number of rotatable bonds is 3. The molecule has 1 aromatic heterocycles. The van der Waals surface area contributed by atoms with Crippen LogP contribution in [0, 0.1) is 0 Å². The number of fused-ring (bicyclic) bond motifs is 1. The number of H-pyrrole nitrogens is 1. The van der Waals surface area contributed by atoms with Crippen molar-refractivity contribution in [3.05, 3.63) is 70.0 Å². The van der Waals surface area contributed by atoms with E-state index < -0.39 is 34.9 Å². The molecule has 156 valence electrons. The predicted octanol–water partition coefficient (Wildman–Crippen LogP) is 3.37. The molecular weight excluding hydrogens is 399 g/mol. The van der Waals surface area contributed by atoms with Crippen molar-refractivity contribution in [3.63, 3.8) is 0 Å². The fraction of sp³-hybridized carbons (Fsp3) is 0.238. The molecule has 9 heteroatoms. The number of anilines is 2. The van der Waals surface area contributed by atoms with Crippen LogP contribution in [0.25, 0.3) is 10.9 Å². The minimum Gasteiger partial charge on any atom is -0.391 e. The highest BCUT2D eigenvalue weighted by Gasteiger charge is 2.35. The Balaban J connectivity index is 1.68. The second-order valence-corrected chi connectivity index (χ2v) is 7.15. The number of pyridine rings is 1. The highest BCUT2D eigenvalue weighted by molar-refractivity contribution is 6.06. The number of hydrogen-bond acceptors (Lipinski definition) is 4. The molecule has 1 aliphatic heterocycles. The van der Waals surface area contributed by atoms with Crippen LogP contribution < -0.4 is 15.6 Å². The van der Waals surface area contributed by atoms with Crippen molar-refractivity contribution in [2.75, 3.05) is 23.3 Å². The summed E-state index contributed by atoms with van der Waals surface area (Å²) in [6.45, 7) is 0.687. The van der Waals surface area contributed by atoms with Crippen molar-refractivity contribution >= 4 is 28.2 Å². The summed E-state index contributed by atoms with van der Waals surface area (Å²) < 4.78 is 40.9. The van der Waals surface area contributed by atoms with Crippen molar-refractivity contribution in [3.8, 4) is 0 Å². The van der Waals surface area contributed by atoms with E-state index in [0.717, 1.165) is 12.1 Å². The predicted molar refractivity (Wildman–Crippen MR) is 107 cm³/mol. The van der Waals surface area contributed by atoms with E-state index in [2.05, 4.69) is 10.3 Å². The number of alkyl halides is 3. The lowest BCUT2D eigenvalue weighted by Crippen LogP contribution is -2.24. The fourth-order valence-electron chi connectivity index (χ4n) is 3.57. The topological polar surface area (TPSA) is 85.4 Å². The molecule has 1 amide bonds. The molecule has 2 heterocycles. The van der Waals surface area contributed by atoms with E-state index in [9.17, 15) is 27.9 Å². The molecule has 30 heavy (non-hydrogen) atoms. The Bertz CT molecular complexity index is 1170. The van der Waals surface area contributed by atoms with Crippen LogP contribution in [-0.4, -0.2) is 35.2 Å². The van der Waals surface area contributed by atoms with Gasteiger partial charge in [0.2, 0.25) is 5.43 Å². The molecule has 0 bridgehead atoms.